The third-order valence-corrected chi connectivity index (χ3v) is 4.98. The van der Waals surface area contributed by atoms with Gasteiger partial charge in [0.2, 0.25) is 0 Å². The summed E-state index contributed by atoms with van der Waals surface area (Å²) in [7, 11) is 0. The van der Waals surface area contributed by atoms with E-state index < -0.39 is 0 Å². The van der Waals surface area contributed by atoms with Crippen LogP contribution < -0.4 is 0 Å². The third kappa shape index (κ3) is 4.70. The Bertz CT molecular complexity index is 1260. The highest BCUT2D eigenvalue weighted by Crippen LogP contribution is 2.34. The van der Waals surface area contributed by atoms with E-state index in [9.17, 15) is 10.2 Å². The van der Waals surface area contributed by atoms with E-state index in [0.717, 1.165) is 28.1 Å². The van der Waals surface area contributed by atoms with Gasteiger partial charge in [0.15, 0.2) is 0 Å². The SMILES string of the molecule is Cc1cccc(-c2ccc(N=Cc3ccccc3O)cc2)c1N=Cc1ccccc1O. The summed E-state index contributed by atoms with van der Waals surface area (Å²) in [5.41, 5.74) is 6.06. The molecule has 31 heavy (non-hydrogen) atoms. The Morgan fingerprint density at radius 3 is 1.81 bits per heavy atom. The number of nitrogens with zero attached hydrogens (tertiary/aromatic N) is 2. The molecule has 0 bridgehead atoms. The second-order valence-electron chi connectivity index (χ2n) is 7.15. The van der Waals surface area contributed by atoms with Crippen LogP contribution in [0.2, 0.25) is 0 Å². The Labute approximate surface area is 181 Å². The van der Waals surface area contributed by atoms with Gasteiger partial charge in [-0.05, 0) is 54.4 Å². The fraction of sp³-hybridized carbons (Fsp3) is 0.0370. The first-order valence-corrected chi connectivity index (χ1v) is 9.96. The van der Waals surface area contributed by atoms with Crippen LogP contribution in [0.1, 0.15) is 16.7 Å². The van der Waals surface area contributed by atoms with E-state index >= 15 is 0 Å². The molecular weight excluding hydrogens is 384 g/mol. The number of phenolic OH excluding ortho intramolecular Hbond substituents is 2. The molecule has 0 spiro atoms. The number of benzene rings is 4. The zero-order valence-corrected chi connectivity index (χ0v) is 17.1. The molecule has 2 N–H and O–H groups in total. The number of hydrogen-bond acceptors (Lipinski definition) is 4. The molecule has 0 fully saturated rings. The number of para-hydroxylation sites is 3. The third-order valence-electron chi connectivity index (χ3n) is 4.98. The molecule has 0 unspecified atom stereocenters. The fourth-order valence-electron chi connectivity index (χ4n) is 3.26. The Kier molecular flexibility index (Phi) is 5.90. The van der Waals surface area contributed by atoms with Gasteiger partial charge in [0.05, 0.1) is 11.4 Å². The van der Waals surface area contributed by atoms with E-state index in [-0.39, 0.29) is 11.5 Å². The van der Waals surface area contributed by atoms with Crippen LogP contribution in [-0.2, 0) is 0 Å². The molecule has 0 heterocycles. The summed E-state index contributed by atoms with van der Waals surface area (Å²) in [6.45, 7) is 2.02. The number of phenols is 2. The lowest BCUT2D eigenvalue weighted by molar-refractivity contribution is 0.474. The maximum Gasteiger partial charge on any atom is 0.124 e. The summed E-state index contributed by atoms with van der Waals surface area (Å²) in [6.07, 6.45) is 3.34. The van der Waals surface area contributed by atoms with Gasteiger partial charge >= 0.3 is 0 Å². The summed E-state index contributed by atoms with van der Waals surface area (Å²) in [4.78, 5) is 9.13. The normalized spacial score (nSPS) is 11.4. The minimum Gasteiger partial charge on any atom is -0.507 e. The maximum atomic E-state index is 10.0. The van der Waals surface area contributed by atoms with Gasteiger partial charge in [-0.3, -0.25) is 9.98 Å². The summed E-state index contributed by atoms with van der Waals surface area (Å²) in [6, 6.07) is 28.2. The average molecular weight is 406 g/mol. The first-order valence-electron chi connectivity index (χ1n) is 9.96. The Morgan fingerprint density at radius 2 is 1.19 bits per heavy atom. The minimum absolute atomic E-state index is 0.202. The lowest BCUT2D eigenvalue weighted by Gasteiger charge is -2.09. The van der Waals surface area contributed by atoms with Crippen molar-refractivity contribution in [3.63, 3.8) is 0 Å². The molecular formula is C27H22N2O2. The average Bonchev–Trinajstić information content (AvgIpc) is 2.79. The van der Waals surface area contributed by atoms with E-state index in [0.29, 0.717) is 11.1 Å². The lowest BCUT2D eigenvalue weighted by Crippen LogP contribution is -1.86. The monoisotopic (exact) mass is 406 g/mol. The molecule has 0 saturated carbocycles. The number of hydrogen-bond donors (Lipinski definition) is 2. The predicted molar refractivity (Wildman–Crippen MR) is 127 cm³/mol. The summed E-state index contributed by atoms with van der Waals surface area (Å²) >= 11 is 0. The Morgan fingerprint density at radius 1 is 0.613 bits per heavy atom. The number of aromatic hydroxyl groups is 2. The second-order valence-corrected chi connectivity index (χ2v) is 7.15. The van der Waals surface area contributed by atoms with Crippen molar-refractivity contribution in [1.82, 2.24) is 0 Å². The second kappa shape index (κ2) is 9.09. The van der Waals surface area contributed by atoms with Gasteiger partial charge in [0, 0.05) is 29.1 Å². The van der Waals surface area contributed by atoms with E-state index in [4.69, 9.17) is 0 Å². The zero-order valence-electron chi connectivity index (χ0n) is 17.1. The number of rotatable bonds is 5. The molecule has 0 aromatic heterocycles. The predicted octanol–water partition coefficient (Wildman–Crippen LogP) is 6.57. The minimum atomic E-state index is 0.202. The van der Waals surface area contributed by atoms with Crippen LogP contribution in [0.5, 0.6) is 11.5 Å². The van der Waals surface area contributed by atoms with Crippen molar-refractivity contribution in [2.75, 3.05) is 0 Å². The van der Waals surface area contributed by atoms with Crippen molar-refractivity contribution in [1.29, 1.82) is 0 Å². The van der Waals surface area contributed by atoms with Crippen LogP contribution in [0, 0.1) is 6.92 Å². The topological polar surface area (TPSA) is 65.2 Å². The highest BCUT2D eigenvalue weighted by Gasteiger charge is 2.07. The highest BCUT2D eigenvalue weighted by molar-refractivity contribution is 5.89. The zero-order chi connectivity index (χ0) is 21.6. The van der Waals surface area contributed by atoms with Crippen molar-refractivity contribution >= 4 is 23.8 Å². The molecule has 0 atom stereocenters. The number of aryl methyl sites for hydroxylation is 1. The van der Waals surface area contributed by atoms with Crippen LogP contribution in [0.3, 0.4) is 0 Å². The van der Waals surface area contributed by atoms with Gasteiger partial charge in [-0.1, -0.05) is 54.6 Å². The molecule has 0 saturated heterocycles. The first-order chi connectivity index (χ1) is 15.1. The van der Waals surface area contributed by atoms with E-state index in [1.165, 1.54) is 0 Å². The molecule has 0 aliphatic carbocycles. The van der Waals surface area contributed by atoms with Gasteiger partial charge < -0.3 is 10.2 Å². The number of aliphatic imine (C=N–C) groups is 2. The van der Waals surface area contributed by atoms with Crippen molar-refractivity contribution in [3.05, 3.63) is 108 Å². The fourth-order valence-corrected chi connectivity index (χ4v) is 3.26. The summed E-state index contributed by atoms with van der Waals surface area (Å²) in [5, 5.41) is 19.9. The highest BCUT2D eigenvalue weighted by atomic mass is 16.3. The van der Waals surface area contributed by atoms with Crippen molar-refractivity contribution in [2.24, 2.45) is 9.98 Å². The standard InChI is InChI=1S/C27H22N2O2/c1-19-7-6-10-24(27(19)29-18-22-9-3-5-12-26(22)31)20-13-15-23(16-14-20)28-17-21-8-2-4-11-25(21)30/h2-18,30-31H,1H3. The van der Waals surface area contributed by atoms with Crippen LogP contribution in [0.25, 0.3) is 11.1 Å². The van der Waals surface area contributed by atoms with Crippen molar-refractivity contribution in [2.45, 2.75) is 6.92 Å². The van der Waals surface area contributed by atoms with Crippen LogP contribution in [-0.4, -0.2) is 22.6 Å². The lowest BCUT2D eigenvalue weighted by atomic mass is 10.0. The molecule has 0 aliphatic rings. The maximum absolute atomic E-state index is 10.0. The van der Waals surface area contributed by atoms with Crippen molar-refractivity contribution < 1.29 is 10.2 Å². The quantitative estimate of drug-likeness (QED) is 0.368. The first kappa shape index (κ1) is 20.1. The van der Waals surface area contributed by atoms with E-state index in [1.807, 2.05) is 73.7 Å². The Balaban J connectivity index is 1.62. The molecule has 4 nitrogen and oxygen atoms in total. The van der Waals surface area contributed by atoms with E-state index in [1.54, 1.807) is 36.7 Å². The molecule has 152 valence electrons. The van der Waals surface area contributed by atoms with Gasteiger partial charge in [-0.15, -0.1) is 0 Å². The molecule has 4 aromatic carbocycles. The van der Waals surface area contributed by atoms with Gasteiger partial charge in [0.25, 0.3) is 0 Å². The molecule has 4 rings (SSSR count). The molecule has 4 heteroatoms. The molecule has 0 aliphatic heterocycles. The van der Waals surface area contributed by atoms with E-state index in [2.05, 4.69) is 9.98 Å². The molecule has 0 amide bonds. The van der Waals surface area contributed by atoms with Crippen molar-refractivity contribution in [3.8, 4) is 22.6 Å². The van der Waals surface area contributed by atoms with Crippen LogP contribution >= 0.6 is 0 Å². The van der Waals surface area contributed by atoms with Crippen LogP contribution in [0.15, 0.2) is 101 Å². The van der Waals surface area contributed by atoms with Crippen LogP contribution in [0.4, 0.5) is 11.4 Å². The summed E-state index contributed by atoms with van der Waals surface area (Å²) in [5.74, 6) is 0.405. The summed E-state index contributed by atoms with van der Waals surface area (Å²) < 4.78 is 0. The Hall–Kier alpha value is -4.18. The molecule has 0 radical (unpaired) electrons. The molecule has 4 aromatic rings. The van der Waals surface area contributed by atoms with Gasteiger partial charge in [-0.25, -0.2) is 0 Å². The van der Waals surface area contributed by atoms with Gasteiger partial charge in [0.1, 0.15) is 11.5 Å². The smallest absolute Gasteiger partial charge is 0.124 e. The van der Waals surface area contributed by atoms with Gasteiger partial charge in [-0.2, -0.15) is 0 Å². The largest absolute Gasteiger partial charge is 0.507 e.